The molecule has 4 nitrogen and oxygen atoms in total. The van der Waals surface area contributed by atoms with Crippen molar-refractivity contribution in [2.45, 2.75) is 13.8 Å². The second-order valence-electron chi connectivity index (χ2n) is 4.13. The highest BCUT2D eigenvalue weighted by atomic mass is 79.9. The summed E-state index contributed by atoms with van der Waals surface area (Å²) in [7, 11) is 0. The van der Waals surface area contributed by atoms with Crippen molar-refractivity contribution in [1.82, 2.24) is 4.98 Å². The number of pyridine rings is 1. The molecule has 5 heteroatoms. The van der Waals surface area contributed by atoms with Gasteiger partial charge in [0.25, 0.3) is 0 Å². The van der Waals surface area contributed by atoms with E-state index in [9.17, 15) is 4.79 Å². The number of anilines is 1. The van der Waals surface area contributed by atoms with E-state index in [1.165, 1.54) is 0 Å². The van der Waals surface area contributed by atoms with Crippen LogP contribution < -0.4 is 10.1 Å². The topological polar surface area (TPSA) is 51.2 Å². The third kappa shape index (κ3) is 1.97. The summed E-state index contributed by atoms with van der Waals surface area (Å²) in [6.45, 7) is 4.02. The molecule has 0 spiro atoms. The van der Waals surface area contributed by atoms with Gasteiger partial charge in [-0.05, 0) is 35.8 Å². The predicted octanol–water partition coefficient (Wildman–Crippen LogP) is 2.20. The van der Waals surface area contributed by atoms with Gasteiger partial charge in [0.2, 0.25) is 5.91 Å². The number of aromatic nitrogens is 1. The van der Waals surface area contributed by atoms with Crippen LogP contribution >= 0.6 is 15.9 Å². The van der Waals surface area contributed by atoms with Crippen molar-refractivity contribution < 1.29 is 9.53 Å². The molecule has 1 aliphatic rings. The number of carbonyl (C=O) groups excluding carboxylic acids is 1. The number of halogens is 1. The molecule has 0 fully saturated rings. The molecule has 2 heterocycles. The molecule has 1 amide bonds. The molecule has 0 unspecified atom stereocenters. The minimum absolute atomic E-state index is 0.0731. The average molecular weight is 271 g/mol. The van der Waals surface area contributed by atoms with Crippen LogP contribution in [0.3, 0.4) is 0 Å². The van der Waals surface area contributed by atoms with E-state index >= 15 is 0 Å². The van der Waals surface area contributed by atoms with Gasteiger partial charge >= 0.3 is 0 Å². The second kappa shape index (κ2) is 3.48. The molecule has 2 rings (SSSR count). The SMILES string of the molecule is CC1(C)COc2cc(Br)cnc2NC1=O. The summed E-state index contributed by atoms with van der Waals surface area (Å²) >= 11 is 3.30. The molecule has 1 N–H and O–H groups in total. The van der Waals surface area contributed by atoms with E-state index in [2.05, 4.69) is 26.2 Å². The zero-order valence-electron chi connectivity index (χ0n) is 8.50. The highest BCUT2D eigenvalue weighted by Crippen LogP contribution is 2.32. The third-order valence-corrected chi connectivity index (χ3v) is 2.69. The Kier molecular flexibility index (Phi) is 2.42. The van der Waals surface area contributed by atoms with Crippen molar-refractivity contribution >= 4 is 27.7 Å². The van der Waals surface area contributed by atoms with Gasteiger partial charge in [-0.25, -0.2) is 4.98 Å². The molecule has 80 valence electrons. The maximum Gasteiger partial charge on any atom is 0.234 e. The largest absolute Gasteiger partial charge is 0.489 e. The normalized spacial score (nSPS) is 18.5. The Morgan fingerprint density at radius 2 is 2.33 bits per heavy atom. The third-order valence-electron chi connectivity index (χ3n) is 2.25. The van der Waals surface area contributed by atoms with Crippen LogP contribution in [0.2, 0.25) is 0 Å². The van der Waals surface area contributed by atoms with E-state index in [1.54, 1.807) is 12.3 Å². The fourth-order valence-electron chi connectivity index (χ4n) is 1.23. The monoisotopic (exact) mass is 270 g/mol. The van der Waals surface area contributed by atoms with E-state index in [1.807, 2.05) is 13.8 Å². The number of nitrogens with zero attached hydrogens (tertiary/aromatic N) is 1. The summed E-state index contributed by atoms with van der Waals surface area (Å²) in [5, 5.41) is 2.74. The molecule has 0 aliphatic carbocycles. The lowest BCUT2D eigenvalue weighted by Crippen LogP contribution is -2.33. The highest BCUT2D eigenvalue weighted by molar-refractivity contribution is 9.10. The number of hydrogen-bond donors (Lipinski definition) is 1. The molecule has 1 aromatic heterocycles. The van der Waals surface area contributed by atoms with Crippen molar-refractivity contribution in [3.63, 3.8) is 0 Å². The van der Waals surface area contributed by atoms with Crippen LogP contribution in [-0.4, -0.2) is 17.5 Å². The van der Waals surface area contributed by atoms with Gasteiger partial charge in [-0.15, -0.1) is 0 Å². The first-order valence-electron chi connectivity index (χ1n) is 4.59. The molecule has 0 saturated heterocycles. The summed E-state index contributed by atoms with van der Waals surface area (Å²) in [6, 6.07) is 1.80. The van der Waals surface area contributed by atoms with Crippen LogP contribution in [0.5, 0.6) is 5.75 Å². The number of ether oxygens (including phenoxy) is 1. The van der Waals surface area contributed by atoms with E-state index in [-0.39, 0.29) is 5.91 Å². The lowest BCUT2D eigenvalue weighted by atomic mass is 9.94. The van der Waals surface area contributed by atoms with Gasteiger partial charge in [0.15, 0.2) is 11.6 Å². The maximum atomic E-state index is 11.7. The lowest BCUT2D eigenvalue weighted by Gasteiger charge is -2.18. The highest BCUT2D eigenvalue weighted by Gasteiger charge is 2.32. The van der Waals surface area contributed by atoms with E-state index in [0.29, 0.717) is 18.2 Å². The zero-order chi connectivity index (χ0) is 11.1. The van der Waals surface area contributed by atoms with Crippen LogP contribution in [0.15, 0.2) is 16.7 Å². The number of amides is 1. The number of carbonyl (C=O) groups is 1. The van der Waals surface area contributed by atoms with Gasteiger partial charge in [0.05, 0.1) is 5.41 Å². The first kappa shape index (κ1) is 10.4. The van der Waals surface area contributed by atoms with Crippen molar-refractivity contribution in [3.8, 4) is 5.75 Å². The summed E-state index contributed by atoms with van der Waals surface area (Å²) in [4.78, 5) is 15.8. The van der Waals surface area contributed by atoms with Crippen molar-refractivity contribution in [1.29, 1.82) is 0 Å². The molecular weight excluding hydrogens is 260 g/mol. The Bertz CT molecular complexity index is 418. The Labute approximate surface area is 96.2 Å². The maximum absolute atomic E-state index is 11.7. The molecule has 1 aromatic rings. The molecule has 0 atom stereocenters. The number of rotatable bonds is 0. The zero-order valence-corrected chi connectivity index (χ0v) is 10.1. The Morgan fingerprint density at radius 3 is 3.07 bits per heavy atom. The number of hydrogen-bond acceptors (Lipinski definition) is 3. The van der Waals surface area contributed by atoms with Crippen molar-refractivity contribution in [2.75, 3.05) is 11.9 Å². The summed E-state index contributed by atoms with van der Waals surface area (Å²) in [5.41, 5.74) is -0.535. The summed E-state index contributed by atoms with van der Waals surface area (Å²) < 4.78 is 6.37. The summed E-state index contributed by atoms with van der Waals surface area (Å²) in [5.74, 6) is 1.01. The van der Waals surface area contributed by atoms with Crippen LogP contribution in [0.4, 0.5) is 5.82 Å². The van der Waals surface area contributed by atoms with Crippen molar-refractivity contribution in [2.24, 2.45) is 5.41 Å². The van der Waals surface area contributed by atoms with Gasteiger partial charge in [-0.2, -0.15) is 0 Å². The molecule has 0 radical (unpaired) electrons. The van der Waals surface area contributed by atoms with Crippen LogP contribution in [0, 0.1) is 5.41 Å². The molecule has 0 bridgehead atoms. The number of fused-ring (bicyclic) bond motifs is 1. The van der Waals surface area contributed by atoms with E-state index < -0.39 is 5.41 Å². The first-order valence-corrected chi connectivity index (χ1v) is 5.38. The van der Waals surface area contributed by atoms with Crippen LogP contribution in [-0.2, 0) is 4.79 Å². The summed E-state index contributed by atoms with van der Waals surface area (Å²) in [6.07, 6.45) is 1.63. The van der Waals surface area contributed by atoms with Gasteiger partial charge in [0.1, 0.15) is 6.61 Å². The van der Waals surface area contributed by atoms with E-state index in [0.717, 1.165) is 4.47 Å². The minimum atomic E-state index is -0.535. The van der Waals surface area contributed by atoms with Gasteiger partial charge < -0.3 is 10.1 Å². The van der Waals surface area contributed by atoms with Gasteiger partial charge in [-0.1, -0.05) is 0 Å². The van der Waals surface area contributed by atoms with Crippen molar-refractivity contribution in [3.05, 3.63) is 16.7 Å². The predicted molar refractivity (Wildman–Crippen MR) is 59.8 cm³/mol. The quantitative estimate of drug-likeness (QED) is 0.787. The minimum Gasteiger partial charge on any atom is -0.489 e. The molecule has 1 aliphatic heterocycles. The molecule has 0 aromatic carbocycles. The van der Waals surface area contributed by atoms with E-state index in [4.69, 9.17) is 4.74 Å². The Morgan fingerprint density at radius 1 is 1.60 bits per heavy atom. The average Bonchev–Trinajstić information content (AvgIpc) is 2.27. The standard InChI is InChI=1S/C10H11BrN2O2/c1-10(2)5-15-7-3-6(11)4-12-8(7)13-9(10)14/h3-4H,5H2,1-2H3,(H,12,13,14). The smallest absolute Gasteiger partial charge is 0.234 e. The first-order chi connectivity index (χ1) is 6.99. The number of nitrogens with one attached hydrogen (secondary N) is 1. The molecular formula is C10H11BrN2O2. The Hall–Kier alpha value is -1.10. The Balaban J connectivity index is 2.40. The molecule has 15 heavy (non-hydrogen) atoms. The second-order valence-corrected chi connectivity index (χ2v) is 5.04. The fraction of sp³-hybridized carbons (Fsp3) is 0.400. The lowest BCUT2D eigenvalue weighted by molar-refractivity contribution is -0.124. The van der Waals surface area contributed by atoms with Crippen LogP contribution in [0.25, 0.3) is 0 Å². The fourth-order valence-corrected chi connectivity index (χ4v) is 1.54. The van der Waals surface area contributed by atoms with Gasteiger partial charge in [-0.3, -0.25) is 4.79 Å². The molecule has 0 saturated carbocycles. The van der Waals surface area contributed by atoms with Crippen LogP contribution in [0.1, 0.15) is 13.8 Å². The van der Waals surface area contributed by atoms with Gasteiger partial charge in [0, 0.05) is 10.7 Å².